The van der Waals surface area contributed by atoms with E-state index in [1.807, 2.05) is 44.2 Å². The second-order valence-electron chi connectivity index (χ2n) is 9.02. The van der Waals surface area contributed by atoms with Crippen LogP contribution < -0.4 is 10.1 Å². The van der Waals surface area contributed by atoms with Crippen LogP contribution in [0.15, 0.2) is 48.5 Å². The Morgan fingerprint density at radius 1 is 1.03 bits per heavy atom. The van der Waals surface area contributed by atoms with E-state index >= 15 is 0 Å². The van der Waals surface area contributed by atoms with Crippen LogP contribution in [0.2, 0.25) is 0 Å². The zero-order valence-electron chi connectivity index (χ0n) is 18.6. The first-order valence-corrected chi connectivity index (χ1v) is 11.3. The van der Waals surface area contributed by atoms with E-state index in [0.29, 0.717) is 18.9 Å². The minimum absolute atomic E-state index is 0.0404. The van der Waals surface area contributed by atoms with Crippen LogP contribution in [0.3, 0.4) is 0 Å². The first-order valence-electron chi connectivity index (χ1n) is 11.3. The lowest BCUT2D eigenvalue weighted by atomic mass is 9.91. The lowest BCUT2D eigenvalue weighted by Crippen LogP contribution is -2.54. The monoisotopic (exact) mass is 420 g/mol. The fourth-order valence-electron chi connectivity index (χ4n) is 4.96. The second kappa shape index (κ2) is 9.13. The van der Waals surface area contributed by atoms with Crippen molar-refractivity contribution in [1.29, 1.82) is 0 Å². The minimum Gasteiger partial charge on any atom is -0.491 e. The van der Waals surface area contributed by atoms with Gasteiger partial charge in [0.25, 0.3) is 0 Å². The number of nitrogens with one attached hydrogen (secondary N) is 1. The molecule has 1 saturated carbocycles. The van der Waals surface area contributed by atoms with Crippen LogP contribution in [0.1, 0.15) is 62.6 Å². The van der Waals surface area contributed by atoms with Crippen molar-refractivity contribution in [2.75, 3.05) is 0 Å². The molecule has 2 aromatic rings. The van der Waals surface area contributed by atoms with E-state index in [0.717, 1.165) is 36.1 Å². The summed E-state index contributed by atoms with van der Waals surface area (Å²) in [6.07, 6.45) is 3.82. The van der Waals surface area contributed by atoms with Gasteiger partial charge in [-0.25, -0.2) is 0 Å². The van der Waals surface area contributed by atoms with Gasteiger partial charge in [-0.05, 0) is 55.5 Å². The summed E-state index contributed by atoms with van der Waals surface area (Å²) >= 11 is 0. The van der Waals surface area contributed by atoms with Crippen LogP contribution >= 0.6 is 0 Å². The molecule has 0 spiro atoms. The van der Waals surface area contributed by atoms with E-state index in [1.54, 1.807) is 11.8 Å². The third kappa shape index (κ3) is 4.76. The van der Waals surface area contributed by atoms with Crippen LogP contribution in [0.5, 0.6) is 5.75 Å². The van der Waals surface area contributed by atoms with E-state index in [-0.39, 0.29) is 24.0 Å². The number of nitrogens with zero attached hydrogens (tertiary/aromatic N) is 1. The van der Waals surface area contributed by atoms with Gasteiger partial charge in [0.15, 0.2) is 0 Å². The highest BCUT2D eigenvalue weighted by Gasteiger charge is 2.36. The van der Waals surface area contributed by atoms with Crippen LogP contribution in [0.4, 0.5) is 0 Å². The average molecular weight is 421 g/mol. The van der Waals surface area contributed by atoms with Gasteiger partial charge < -0.3 is 15.0 Å². The van der Waals surface area contributed by atoms with Crippen molar-refractivity contribution < 1.29 is 14.3 Å². The lowest BCUT2D eigenvalue weighted by molar-refractivity contribution is -0.140. The molecule has 1 aliphatic heterocycles. The number of amides is 2. The quantitative estimate of drug-likeness (QED) is 0.789. The van der Waals surface area contributed by atoms with Crippen LogP contribution in [-0.4, -0.2) is 34.9 Å². The number of carbonyl (C=O) groups is 2. The smallest absolute Gasteiger partial charge is 0.243 e. The summed E-state index contributed by atoms with van der Waals surface area (Å²) in [6, 6.07) is 16.0. The molecule has 164 valence electrons. The summed E-state index contributed by atoms with van der Waals surface area (Å²) in [5.74, 6) is 1.06. The number of hydrogen-bond acceptors (Lipinski definition) is 3. The molecule has 5 nitrogen and oxygen atoms in total. The molecule has 1 fully saturated rings. The fourth-order valence-corrected chi connectivity index (χ4v) is 4.96. The van der Waals surface area contributed by atoms with Gasteiger partial charge in [-0.2, -0.15) is 0 Å². The minimum atomic E-state index is -0.449. The highest BCUT2D eigenvalue weighted by Crippen LogP contribution is 2.36. The normalized spacial score (nSPS) is 22.8. The van der Waals surface area contributed by atoms with Crippen molar-refractivity contribution in [3.8, 4) is 5.75 Å². The third-order valence-electron chi connectivity index (χ3n) is 6.48. The van der Waals surface area contributed by atoms with Gasteiger partial charge in [0.05, 0.1) is 6.10 Å². The van der Waals surface area contributed by atoms with E-state index < -0.39 is 6.04 Å². The number of rotatable bonds is 5. The number of ether oxygens (including phenoxy) is 1. The second-order valence-corrected chi connectivity index (χ2v) is 9.02. The van der Waals surface area contributed by atoms with E-state index in [1.165, 1.54) is 5.56 Å². The van der Waals surface area contributed by atoms with Gasteiger partial charge >= 0.3 is 0 Å². The Bertz CT molecular complexity index is 938. The molecular formula is C26H32N2O3. The number of fused-ring (bicyclic) bond motifs is 1. The summed E-state index contributed by atoms with van der Waals surface area (Å²) in [7, 11) is 0. The maximum atomic E-state index is 13.3. The predicted octanol–water partition coefficient (Wildman–Crippen LogP) is 4.20. The molecule has 0 radical (unpaired) electrons. The Balaban J connectivity index is 1.47. The van der Waals surface area contributed by atoms with E-state index in [2.05, 4.69) is 23.5 Å². The third-order valence-corrected chi connectivity index (χ3v) is 6.48. The number of carbonyl (C=O) groups excluding carboxylic acids is 2. The van der Waals surface area contributed by atoms with E-state index in [9.17, 15) is 9.59 Å². The van der Waals surface area contributed by atoms with Gasteiger partial charge in [-0.3, -0.25) is 9.59 Å². The van der Waals surface area contributed by atoms with Gasteiger partial charge in [-0.1, -0.05) is 42.8 Å². The van der Waals surface area contributed by atoms with Crippen molar-refractivity contribution in [2.24, 2.45) is 0 Å². The van der Waals surface area contributed by atoms with Gasteiger partial charge in [0.2, 0.25) is 11.8 Å². The first kappa shape index (κ1) is 21.4. The van der Waals surface area contributed by atoms with Crippen LogP contribution in [0, 0.1) is 0 Å². The zero-order chi connectivity index (χ0) is 22.0. The summed E-state index contributed by atoms with van der Waals surface area (Å²) in [6.45, 7) is 6.08. The summed E-state index contributed by atoms with van der Waals surface area (Å²) in [5.41, 5.74) is 3.52. The summed E-state index contributed by atoms with van der Waals surface area (Å²) in [4.78, 5) is 27.3. The van der Waals surface area contributed by atoms with Crippen LogP contribution in [-0.2, 0) is 22.6 Å². The fraction of sp³-hybridized carbons (Fsp3) is 0.462. The summed E-state index contributed by atoms with van der Waals surface area (Å²) < 4.78 is 5.76. The van der Waals surface area contributed by atoms with E-state index in [4.69, 9.17) is 4.74 Å². The highest BCUT2D eigenvalue weighted by atomic mass is 16.5. The van der Waals surface area contributed by atoms with Gasteiger partial charge in [0, 0.05) is 31.8 Å². The molecule has 1 aliphatic carbocycles. The zero-order valence-corrected chi connectivity index (χ0v) is 18.6. The molecule has 5 heteroatoms. The molecule has 3 atom stereocenters. The highest BCUT2D eigenvalue weighted by molar-refractivity contribution is 5.88. The molecule has 2 aromatic carbocycles. The Labute approximate surface area is 184 Å². The average Bonchev–Trinajstić information content (AvgIpc) is 3.21. The molecule has 31 heavy (non-hydrogen) atoms. The Hall–Kier alpha value is -2.82. The van der Waals surface area contributed by atoms with Crippen molar-refractivity contribution >= 4 is 11.8 Å². The standard InChI is InChI=1S/C26H32N2O3/c1-17(2)31-22-13-11-19(12-14-22)23-9-6-10-24(23)27-26(30)25-15-20-7-4-5-8-21(20)16-28(25)18(3)29/h4-5,7-8,11-14,17,23-25H,6,9-10,15-16H2,1-3H3,(H,27,30). The molecule has 3 unspecified atom stereocenters. The maximum absolute atomic E-state index is 13.3. The summed E-state index contributed by atoms with van der Waals surface area (Å²) in [5, 5.41) is 3.30. The molecule has 0 aromatic heterocycles. The van der Waals surface area contributed by atoms with Crippen molar-refractivity contribution in [2.45, 2.75) is 77.1 Å². The van der Waals surface area contributed by atoms with Gasteiger partial charge in [0.1, 0.15) is 11.8 Å². The lowest BCUT2D eigenvalue weighted by Gasteiger charge is -2.36. The molecule has 2 amide bonds. The molecule has 4 rings (SSSR count). The number of benzene rings is 2. The molecule has 0 bridgehead atoms. The Morgan fingerprint density at radius 2 is 1.74 bits per heavy atom. The molecule has 1 heterocycles. The number of hydrogen-bond donors (Lipinski definition) is 1. The molecule has 0 saturated heterocycles. The first-order chi connectivity index (χ1) is 14.9. The topological polar surface area (TPSA) is 58.6 Å². The maximum Gasteiger partial charge on any atom is 0.243 e. The van der Waals surface area contributed by atoms with Crippen LogP contribution in [0.25, 0.3) is 0 Å². The van der Waals surface area contributed by atoms with Crippen molar-refractivity contribution in [3.05, 3.63) is 65.2 Å². The Kier molecular flexibility index (Phi) is 6.30. The molecule has 2 aliphatic rings. The Morgan fingerprint density at radius 3 is 2.42 bits per heavy atom. The van der Waals surface area contributed by atoms with Crippen molar-refractivity contribution in [3.63, 3.8) is 0 Å². The largest absolute Gasteiger partial charge is 0.491 e. The molecule has 1 N–H and O–H groups in total. The molecular weight excluding hydrogens is 388 g/mol. The van der Waals surface area contributed by atoms with Crippen molar-refractivity contribution in [1.82, 2.24) is 10.2 Å². The van der Waals surface area contributed by atoms with Gasteiger partial charge in [-0.15, -0.1) is 0 Å². The predicted molar refractivity (Wildman–Crippen MR) is 121 cm³/mol. The SMILES string of the molecule is CC(=O)N1Cc2ccccc2CC1C(=O)NC1CCCC1c1ccc(OC(C)C)cc1.